The van der Waals surface area contributed by atoms with Crippen LogP contribution in [-0.4, -0.2) is 47.7 Å². The summed E-state index contributed by atoms with van der Waals surface area (Å²) in [4.78, 5) is 39.2. The molecule has 204 valence electrons. The molecule has 1 fully saturated rings. The summed E-state index contributed by atoms with van der Waals surface area (Å²) in [5.74, 6) is -1.35. The molecule has 1 aliphatic carbocycles. The van der Waals surface area contributed by atoms with Crippen molar-refractivity contribution < 1.29 is 24.2 Å². The molecule has 1 heterocycles. The third kappa shape index (κ3) is 8.99. The molecule has 2 aliphatic rings. The zero-order valence-electron chi connectivity index (χ0n) is 22.4. The summed E-state index contributed by atoms with van der Waals surface area (Å²) in [5.41, 5.74) is 0.548. The van der Waals surface area contributed by atoms with Gasteiger partial charge in [0.25, 0.3) is 0 Å². The van der Waals surface area contributed by atoms with Gasteiger partial charge >= 0.3 is 5.97 Å². The number of carbonyl (C=O) groups excluding carboxylic acids is 3. The van der Waals surface area contributed by atoms with Gasteiger partial charge in [0.05, 0.1) is 30.0 Å². The predicted molar refractivity (Wildman–Crippen MR) is 144 cm³/mol. The van der Waals surface area contributed by atoms with Crippen molar-refractivity contribution in [2.45, 2.75) is 89.6 Å². The van der Waals surface area contributed by atoms with Crippen LogP contribution in [0, 0.1) is 17.8 Å². The minimum Gasteiger partial charge on any atom is -0.463 e. The molecule has 0 bridgehead atoms. The first-order chi connectivity index (χ1) is 17.8. The van der Waals surface area contributed by atoms with E-state index in [1.54, 1.807) is 0 Å². The molecule has 0 saturated heterocycles. The monoisotopic (exact) mass is 512 g/mol. The van der Waals surface area contributed by atoms with E-state index >= 15 is 0 Å². The number of hydrogen-bond acceptors (Lipinski definition) is 5. The minimum absolute atomic E-state index is 0.0541. The van der Waals surface area contributed by atoms with Crippen LogP contribution in [0.5, 0.6) is 0 Å². The van der Waals surface area contributed by atoms with Gasteiger partial charge in [-0.2, -0.15) is 0 Å². The van der Waals surface area contributed by atoms with Crippen LogP contribution in [0.25, 0.3) is 0 Å². The molecular formula is C30H44N2O5. The summed E-state index contributed by atoms with van der Waals surface area (Å²) in [5, 5.41) is 15.9. The van der Waals surface area contributed by atoms with Gasteiger partial charge < -0.3 is 20.5 Å². The van der Waals surface area contributed by atoms with E-state index in [2.05, 4.69) is 10.6 Å². The molecule has 3 N–H and O–H groups in total. The van der Waals surface area contributed by atoms with Crippen LogP contribution in [-0.2, 0) is 25.5 Å². The van der Waals surface area contributed by atoms with Crippen LogP contribution in [0.4, 0.5) is 0 Å². The number of aliphatic hydroxyl groups excluding tert-OH is 1. The molecule has 1 aromatic carbocycles. The number of benzene rings is 1. The van der Waals surface area contributed by atoms with Crippen LogP contribution in [0.15, 0.2) is 42.5 Å². The Balaban J connectivity index is 1.69. The van der Waals surface area contributed by atoms with Crippen LogP contribution >= 0.6 is 0 Å². The van der Waals surface area contributed by atoms with Crippen LogP contribution in [0.1, 0.15) is 77.2 Å². The van der Waals surface area contributed by atoms with E-state index in [4.69, 9.17) is 4.74 Å². The number of esters is 1. The first-order valence-corrected chi connectivity index (χ1v) is 13.9. The lowest BCUT2D eigenvalue weighted by Crippen LogP contribution is -2.51. The standard InChI is InChI=1S/C30H44N2O5/c1-22(2)26-20-37-29(36)25(18-23-12-6-5-7-13-23)15-9-4-3-8-14-24(28(35)31-26)19-27(34)32-30(21-33)16-10-11-17-30/h3,5-8,12-13,22,24-26,33H,4,9-11,14-21H2,1-2H3,(H,31,35)(H,32,34). The number of cyclic esters (lactones) is 1. The van der Waals surface area contributed by atoms with E-state index in [0.29, 0.717) is 12.8 Å². The molecule has 3 unspecified atom stereocenters. The maximum atomic E-state index is 13.3. The normalized spacial score (nSPS) is 25.2. The summed E-state index contributed by atoms with van der Waals surface area (Å²) in [6.07, 6.45) is 11.0. The summed E-state index contributed by atoms with van der Waals surface area (Å²) in [7, 11) is 0. The van der Waals surface area contributed by atoms with Crippen molar-refractivity contribution in [2.24, 2.45) is 17.8 Å². The van der Waals surface area contributed by atoms with Crippen molar-refractivity contribution in [3.63, 3.8) is 0 Å². The largest absolute Gasteiger partial charge is 0.463 e. The van der Waals surface area contributed by atoms with Crippen molar-refractivity contribution >= 4 is 17.8 Å². The fraction of sp³-hybridized carbons (Fsp3) is 0.633. The Bertz CT molecular complexity index is 908. The molecule has 0 aromatic heterocycles. The van der Waals surface area contributed by atoms with E-state index in [0.717, 1.165) is 50.5 Å². The SMILES string of the molecule is CC(C)C1COC(=O)C(Cc2ccccc2)CCCC=CCC(CC(=O)NC2(CO)CCCC2)C(=O)N1. The lowest BCUT2D eigenvalue weighted by Gasteiger charge is -2.29. The highest BCUT2D eigenvalue weighted by molar-refractivity contribution is 5.86. The van der Waals surface area contributed by atoms with Gasteiger partial charge in [0.15, 0.2) is 0 Å². The van der Waals surface area contributed by atoms with Gasteiger partial charge in [0.1, 0.15) is 6.61 Å². The van der Waals surface area contributed by atoms with Gasteiger partial charge in [-0.25, -0.2) is 0 Å². The van der Waals surface area contributed by atoms with Gasteiger partial charge in [-0.05, 0) is 56.4 Å². The Labute approximate surface area is 221 Å². The number of ether oxygens (including phenoxy) is 1. The van der Waals surface area contributed by atoms with Gasteiger partial charge in [-0.15, -0.1) is 0 Å². The van der Waals surface area contributed by atoms with Crippen molar-refractivity contribution in [1.82, 2.24) is 10.6 Å². The Morgan fingerprint density at radius 2 is 1.84 bits per heavy atom. The summed E-state index contributed by atoms with van der Waals surface area (Å²) in [6, 6.07) is 9.63. The average molecular weight is 513 g/mol. The Morgan fingerprint density at radius 1 is 1.11 bits per heavy atom. The van der Waals surface area contributed by atoms with Crippen LogP contribution in [0.3, 0.4) is 0 Å². The molecule has 0 spiro atoms. The number of aliphatic hydroxyl groups is 1. The molecule has 0 radical (unpaired) electrons. The Hall–Kier alpha value is -2.67. The smallest absolute Gasteiger partial charge is 0.309 e. The quantitative estimate of drug-likeness (QED) is 0.377. The van der Waals surface area contributed by atoms with Crippen molar-refractivity contribution in [3.05, 3.63) is 48.0 Å². The van der Waals surface area contributed by atoms with Crippen molar-refractivity contribution in [1.29, 1.82) is 0 Å². The van der Waals surface area contributed by atoms with E-state index in [1.807, 2.05) is 56.3 Å². The summed E-state index contributed by atoms with van der Waals surface area (Å²) >= 11 is 0. The number of hydrogen-bond donors (Lipinski definition) is 3. The number of allylic oxidation sites excluding steroid dienone is 2. The number of rotatable bonds is 7. The fourth-order valence-corrected chi connectivity index (χ4v) is 5.28. The highest BCUT2D eigenvalue weighted by atomic mass is 16.5. The molecule has 7 heteroatoms. The molecule has 3 atom stereocenters. The lowest BCUT2D eigenvalue weighted by molar-refractivity contribution is -0.150. The fourth-order valence-electron chi connectivity index (χ4n) is 5.28. The minimum atomic E-state index is -0.560. The van der Waals surface area contributed by atoms with E-state index in [-0.39, 0.29) is 55.3 Å². The highest BCUT2D eigenvalue weighted by Gasteiger charge is 2.36. The molecule has 37 heavy (non-hydrogen) atoms. The van der Waals surface area contributed by atoms with Crippen molar-refractivity contribution in [2.75, 3.05) is 13.2 Å². The maximum absolute atomic E-state index is 13.3. The molecule has 2 amide bonds. The van der Waals surface area contributed by atoms with Crippen LogP contribution < -0.4 is 10.6 Å². The second kappa shape index (κ2) is 14.3. The van der Waals surface area contributed by atoms with E-state index < -0.39 is 11.5 Å². The number of amides is 2. The second-order valence-electron chi connectivity index (χ2n) is 11.1. The number of carbonyl (C=O) groups is 3. The van der Waals surface area contributed by atoms with E-state index in [9.17, 15) is 19.5 Å². The first-order valence-electron chi connectivity index (χ1n) is 13.9. The van der Waals surface area contributed by atoms with Crippen molar-refractivity contribution in [3.8, 4) is 0 Å². The molecule has 1 aromatic rings. The first kappa shape index (κ1) is 28.9. The van der Waals surface area contributed by atoms with Gasteiger partial charge in [-0.3, -0.25) is 14.4 Å². The zero-order chi connectivity index (χ0) is 26.7. The number of nitrogens with one attached hydrogen (secondary N) is 2. The Kier molecular flexibility index (Phi) is 11.2. The topological polar surface area (TPSA) is 105 Å². The Morgan fingerprint density at radius 3 is 2.51 bits per heavy atom. The summed E-state index contributed by atoms with van der Waals surface area (Å²) < 4.78 is 5.75. The molecular weight excluding hydrogens is 468 g/mol. The van der Waals surface area contributed by atoms with Crippen LogP contribution in [0.2, 0.25) is 0 Å². The van der Waals surface area contributed by atoms with Gasteiger partial charge in [0.2, 0.25) is 11.8 Å². The highest BCUT2D eigenvalue weighted by Crippen LogP contribution is 2.29. The van der Waals surface area contributed by atoms with Gasteiger partial charge in [-0.1, -0.05) is 69.2 Å². The third-order valence-electron chi connectivity index (χ3n) is 7.78. The molecule has 3 rings (SSSR count). The van der Waals surface area contributed by atoms with E-state index in [1.165, 1.54) is 0 Å². The zero-order valence-corrected chi connectivity index (χ0v) is 22.4. The lowest BCUT2D eigenvalue weighted by atomic mass is 9.93. The van der Waals surface area contributed by atoms with Gasteiger partial charge in [0, 0.05) is 6.42 Å². The average Bonchev–Trinajstić information content (AvgIpc) is 3.35. The predicted octanol–water partition coefficient (Wildman–Crippen LogP) is 4.09. The molecule has 7 nitrogen and oxygen atoms in total. The molecule has 1 saturated carbocycles. The molecule has 1 aliphatic heterocycles. The third-order valence-corrected chi connectivity index (χ3v) is 7.78. The second-order valence-corrected chi connectivity index (χ2v) is 11.1. The maximum Gasteiger partial charge on any atom is 0.309 e. The summed E-state index contributed by atoms with van der Waals surface area (Å²) in [6.45, 7) is 3.99.